The third-order valence-electron chi connectivity index (χ3n) is 3.64. The van der Waals surface area contributed by atoms with Gasteiger partial charge >= 0.3 is 5.97 Å². The van der Waals surface area contributed by atoms with Crippen LogP contribution in [-0.4, -0.2) is 11.6 Å². The Morgan fingerprint density at radius 3 is 2.33 bits per heavy atom. The molecular formula is C16H30O2. The van der Waals surface area contributed by atoms with E-state index < -0.39 is 0 Å². The first-order chi connectivity index (χ1) is 8.47. The molecule has 2 nitrogen and oxygen atoms in total. The summed E-state index contributed by atoms with van der Waals surface area (Å²) in [5.74, 6) is 0.931. The molecule has 0 aromatic rings. The van der Waals surface area contributed by atoms with E-state index in [1.165, 1.54) is 51.4 Å². The highest BCUT2D eigenvalue weighted by Crippen LogP contribution is 2.28. The van der Waals surface area contributed by atoms with Gasteiger partial charge < -0.3 is 4.74 Å². The molecule has 0 N–H and O–H groups in total. The summed E-state index contributed by atoms with van der Waals surface area (Å²) >= 11 is 0. The van der Waals surface area contributed by atoms with E-state index in [1.54, 1.807) is 0 Å². The van der Waals surface area contributed by atoms with E-state index in [2.05, 4.69) is 0 Å². The lowest BCUT2D eigenvalue weighted by molar-refractivity contribution is -0.154. The van der Waals surface area contributed by atoms with Crippen LogP contribution in [0.3, 0.4) is 0 Å². The van der Waals surface area contributed by atoms with Crippen LogP contribution in [0.5, 0.6) is 0 Å². The first kappa shape index (κ1) is 15.5. The highest BCUT2D eigenvalue weighted by molar-refractivity contribution is 5.69. The minimum absolute atomic E-state index is 0.0415. The van der Waals surface area contributed by atoms with Crippen molar-refractivity contribution < 1.29 is 9.53 Å². The number of carbonyl (C=O) groups is 1. The van der Waals surface area contributed by atoms with Crippen molar-refractivity contribution in [2.24, 2.45) is 5.92 Å². The Hall–Kier alpha value is -0.530. The van der Waals surface area contributed by atoms with Crippen molar-refractivity contribution >= 4 is 5.97 Å². The average Bonchev–Trinajstić information content (AvgIpc) is 2.27. The molecule has 0 aromatic heterocycles. The molecule has 0 aliphatic heterocycles. The molecule has 0 aromatic carbocycles. The van der Waals surface area contributed by atoms with Crippen LogP contribution < -0.4 is 0 Å². The molecular weight excluding hydrogens is 224 g/mol. The van der Waals surface area contributed by atoms with Gasteiger partial charge in [-0.2, -0.15) is 0 Å². The molecule has 106 valence electrons. The van der Waals surface area contributed by atoms with E-state index in [-0.39, 0.29) is 11.6 Å². The predicted octanol–water partition coefficient (Wildman–Crippen LogP) is 4.86. The normalized spacial score (nSPS) is 17.7. The number of hydrogen-bond acceptors (Lipinski definition) is 2. The van der Waals surface area contributed by atoms with E-state index in [9.17, 15) is 4.79 Å². The SMILES string of the molecule is CC(C)(C)OC(=O)CCCCCC1CCCCC1. The van der Waals surface area contributed by atoms with Crippen molar-refractivity contribution in [3.63, 3.8) is 0 Å². The fraction of sp³-hybridized carbons (Fsp3) is 0.938. The Labute approximate surface area is 112 Å². The highest BCUT2D eigenvalue weighted by Gasteiger charge is 2.16. The number of carbonyl (C=O) groups excluding carboxylic acids is 1. The molecule has 2 heteroatoms. The fourth-order valence-electron chi connectivity index (χ4n) is 2.75. The first-order valence-electron chi connectivity index (χ1n) is 7.69. The number of rotatable bonds is 6. The van der Waals surface area contributed by atoms with E-state index >= 15 is 0 Å². The standard InChI is InChI=1S/C16H30O2/c1-16(2,3)18-15(17)13-9-5-8-12-14-10-6-4-7-11-14/h14H,4-13H2,1-3H3. The molecule has 1 aliphatic carbocycles. The number of hydrogen-bond donors (Lipinski definition) is 0. The summed E-state index contributed by atoms with van der Waals surface area (Å²) < 4.78 is 5.30. The summed E-state index contributed by atoms with van der Waals surface area (Å²) in [5, 5.41) is 0. The zero-order valence-electron chi connectivity index (χ0n) is 12.5. The van der Waals surface area contributed by atoms with Crippen molar-refractivity contribution in [2.45, 2.75) is 90.6 Å². The van der Waals surface area contributed by atoms with Gasteiger partial charge in [0.05, 0.1) is 0 Å². The minimum Gasteiger partial charge on any atom is -0.460 e. The Bertz CT molecular complexity index is 234. The van der Waals surface area contributed by atoms with Crippen LogP contribution in [0.2, 0.25) is 0 Å². The van der Waals surface area contributed by atoms with Gasteiger partial charge in [0.15, 0.2) is 0 Å². The summed E-state index contributed by atoms with van der Waals surface area (Å²) in [6.45, 7) is 5.77. The molecule has 0 radical (unpaired) electrons. The van der Waals surface area contributed by atoms with E-state index in [1.807, 2.05) is 20.8 Å². The summed E-state index contributed by atoms with van der Waals surface area (Å²) in [6.07, 6.45) is 12.6. The van der Waals surface area contributed by atoms with Gasteiger partial charge in [0.25, 0.3) is 0 Å². The molecule has 1 rings (SSSR count). The predicted molar refractivity (Wildman–Crippen MR) is 75.5 cm³/mol. The molecule has 1 saturated carbocycles. The lowest BCUT2D eigenvalue weighted by Crippen LogP contribution is -2.23. The van der Waals surface area contributed by atoms with Crippen molar-refractivity contribution in [3.05, 3.63) is 0 Å². The summed E-state index contributed by atoms with van der Waals surface area (Å²) in [6, 6.07) is 0. The molecule has 0 spiro atoms. The quantitative estimate of drug-likeness (QED) is 0.500. The summed E-state index contributed by atoms with van der Waals surface area (Å²) in [4.78, 5) is 11.5. The van der Waals surface area contributed by atoms with Crippen LogP contribution in [0.25, 0.3) is 0 Å². The smallest absolute Gasteiger partial charge is 0.306 e. The maximum absolute atomic E-state index is 11.5. The van der Waals surface area contributed by atoms with Crippen LogP contribution in [0.1, 0.15) is 85.0 Å². The summed E-state index contributed by atoms with van der Waals surface area (Å²) in [7, 11) is 0. The third kappa shape index (κ3) is 7.73. The highest BCUT2D eigenvalue weighted by atomic mass is 16.6. The largest absolute Gasteiger partial charge is 0.460 e. The Balaban J connectivity index is 1.96. The monoisotopic (exact) mass is 254 g/mol. The molecule has 1 aliphatic rings. The minimum atomic E-state index is -0.334. The second-order valence-electron chi connectivity index (χ2n) is 6.69. The lowest BCUT2D eigenvalue weighted by atomic mass is 9.85. The fourth-order valence-corrected chi connectivity index (χ4v) is 2.75. The second-order valence-corrected chi connectivity index (χ2v) is 6.69. The van der Waals surface area contributed by atoms with Crippen LogP contribution in [0.4, 0.5) is 0 Å². The van der Waals surface area contributed by atoms with Gasteiger partial charge in [-0.3, -0.25) is 4.79 Å². The maximum atomic E-state index is 11.5. The average molecular weight is 254 g/mol. The zero-order valence-corrected chi connectivity index (χ0v) is 12.5. The molecule has 0 atom stereocenters. The van der Waals surface area contributed by atoms with E-state index in [0.29, 0.717) is 6.42 Å². The molecule has 0 amide bonds. The molecule has 0 saturated heterocycles. The molecule has 1 fully saturated rings. The van der Waals surface area contributed by atoms with Crippen molar-refractivity contribution in [3.8, 4) is 0 Å². The topological polar surface area (TPSA) is 26.3 Å². The number of esters is 1. The van der Waals surface area contributed by atoms with E-state index in [4.69, 9.17) is 4.74 Å². The lowest BCUT2D eigenvalue weighted by Gasteiger charge is -2.21. The summed E-state index contributed by atoms with van der Waals surface area (Å²) in [5.41, 5.74) is -0.334. The van der Waals surface area contributed by atoms with Gasteiger partial charge in [-0.05, 0) is 33.1 Å². The second kappa shape index (κ2) is 7.81. The van der Waals surface area contributed by atoms with Gasteiger partial charge in [0.2, 0.25) is 0 Å². The van der Waals surface area contributed by atoms with Gasteiger partial charge in [0, 0.05) is 6.42 Å². The van der Waals surface area contributed by atoms with Gasteiger partial charge in [-0.1, -0.05) is 51.4 Å². The zero-order chi connectivity index (χ0) is 13.4. The van der Waals surface area contributed by atoms with Gasteiger partial charge in [-0.25, -0.2) is 0 Å². The Kier molecular flexibility index (Phi) is 6.73. The van der Waals surface area contributed by atoms with Crippen LogP contribution >= 0.6 is 0 Å². The van der Waals surface area contributed by atoms with Crippen molar-refractivity contribution in [2.75, 3.05) is 0 Å². The molecule has 0 bridgehead atoms. The van der Waals surface area contributed by atoms with Gasteiger partial charge in [0.1, 0.15) is 5.60 Å². The van der Waals surface area contributed by atoms with Gasteiger partial charge in [-0.15, -0.1) is 0 Å². The van der Waals surface area contributed by atoms with E-state index in [0.717, 1.165) is 12.3 Å². The first-order valence-corrected chi connectivity index (χ1v) is 7.69. The van der Waals surface area contributed by atoms with Crippen LogP contribution in [0, 0.1) is 5.92 Å². The molecule has 18 heavy (non-hydrogen) atoms. The molecule has 0 unspecified atom stereocenters. The maximum Gasteiger partial charge on any atom is 0.306 e. The van der Waals surface area contributed by atoms with Crippen molar-refractivity contribution in [1.82, 2.24) is 0 Å². The Morgan fingerprint density at radius 2 is 1.72 bits per heavy atom. The van der Waals surface area contributed by atoms with Crippen LogP contribution in [-0.2, 0) is 9.53 Å². The third-order valence-corrected chi connectivity index (χ3v) is 3.64. The van der Waals surface area contributed by atoms with Crippen molar-refractivity contribution in [1.29, 1.82) is 0 Å². The molecule has 0 heterocycles. The number of ether oxygens (including phenoxy) is 1. The number of unbranched alkanes of at least 4 members (excludes halogenated alkanes) is 2. The Morgan fingerprint density at radius 1 is 1.06 bits per heavy atom. The van der Waals surface area contributed by atoms with Crippen LogP contribution in [0.15, 0.2) is 0 Å².